The molecule has 21 heavy (non-hydrogen) atoms. The number of aromatic nitrogens is 2. The maximum Gasteiger partial charge on any atom is 0.0671 e. The first-order chi connectivity index (χ1) is 10.1. The molecule has 1 aromatic carbocycles. The third-order valence-electron chi connectivity index (χ3n) is 3.76. The Bertz CT molecular complexity index is 590. The van der Waals surface area contributed by atoms with Crippen molar-refractivity contribution in [1.29, 1.82) is 0 Å². The van der Waals surface area contributed by atoms with E-state index < -0.39 is 0 Å². The molecule has 114 valence electrons. The van der Waals surface area contributed by atoms with Crippen LogP contribution >= 0.6 is 27.5 Å². The van der Waals surface area contributed by atoms with Gasteiger partial charge < -0.3 is 0 Å². The molecule has 0 spiro atoms. The molecule has 1 heterocycles. The Balaban J connectivity index is 2.39. The molecule has 1 atom stereocenters. The second-order valence-corrected chi connectivity index (χ2v) is 6.62. The highest BCUT2D eigenvalue weighted by atomic mass is 79.9. The standard InChI is InChI=1S/C17H22BrClN2/c1-4-14(19)17-15(5-2)20-21(16(17)6-3)11-12-7-9-13(18)10-8-12/h7-10,14H,4-6,11H2,1-3H3. The Morgan fingerprint density at radius 1 is 1.14 bits per heavy atom. The van der Waals surface area contributed by atoms with E-state index >= 15 is 0 Å². The van der Waals surface area contributed by atoms with Crippen molar-refractivity contribution in [3.05, 3.63) is 51.3 Å². The highest BCUT2D eigenvalue weighted by Crippen LogP contribution is 2.31. The monoisotopic (exact) mass is 368 g/mol. The van der Waals surface area contributed by atoms with Gasteiger partial charge in [0.05, 0.1) is 17.6 Å². The van der Waals surface area contributed by atoms with Crippen LogP contribution in [-0.2, 0) is 19.4 Å². The zero-order valence-electron chi connectivity index (χ0n) is 12.9. The van der Waals surface area contributed by atoms with Crippen LogP contribution in [0.5, 0.6) is 0 Å². The maximum absolute atomic E-state index is 6.54. The molecule has 0 saturated carbocycles. The molecule has 0 bridgehead atoms. The van der Waals surface area contributed by atoms with Crippen LogP contribution in [-0.4, -0.2) is 9.78 Å². The molecule has 0 radical (unpaired) electrons. The number of hydrogen-bond acceptors (Lipinski definition) is 1. The molecule has 4 heteroatoms. The molecule has 0 aliphatic heterocycles. The topological polar surface area (TPSA) is 17.8 Å². The van der Waals surface area contributed by atoms with E-state index in [0.717, 1.165) is 36.0 Å². The lowest BCUT2D eigenvalue weighted by molar-refractivity contribution is 0.638. The molecule has 0 amide bonds. The molecule has 1 unspecified atom stereocenters. The fourth-order valence-electron chi connectivity index (χ4n) is 2.66. The largest absolute Gasteiger partial charge is 0.265 e. The third kappa shape index (κ3) is 3.70. The minimum Gasteiger partial charge on any atom is -0.265 e. The average molecular weight is 370 g/mol. The minimum absolute atomic E-state index is 0.0635. The molecule has 0 aliphatic rings. The van der Waals surface area contributed by atoms with Gasteiger partial charge in [0.2, 0.25) is 0 Å². The summed E-state index contributed by atoms with van der Waals surface area (Å²) in [4.78, 5) is 0. The van der Waals surface area contributed by atoms with Gasteiger partial charge in [0, 0.05) is 15.7 Å². The van der Waals surface area contributed by atoms with Crippen molar-refractivity contribution in [2.24, 2.45) is 0 Å². The molecule has 0 aliphatic carbocycles. The molecule has 0 saturated heterocycles. The number of halogens is 2. The number of rotatable bonds is 6. The zero-order chi connectivity index (χ0) is 15.4. The van der Waals surface area contributed by atoms with E-state index in [0.29, 0.717) is 0 Å². The third-order valence-corrected chi connectivity index (χ3v) is 4.82. The van der Waals surface area contributed by atoms with Crippen LogP contribution in [0.2, 0.25) is 0 Å². The number of nitrogens with zero attached hydrogens (tertiary/aromatic N) is 2. The summed E-state index contributed by atoms with van der Waals surface area (Å²) < 4.78 is 3.23. The summed E-state index contributed by atoms with van der Waals surface area (Å²) in [5.41, 5.74) is 4.93. The number of aryl methyl sites for hydroxylation is 1. The molecule has 0 fully saturated rings. The molecular weight excluding hydrogens is 348 g/mol. The summed E-state index contributed by atoms with van der Waals surface area (Å²) in [6.07, 6.45) is 2.83. The molecule has 0 N–H and O–H groups in total. The summed E-state index contributed by atoms with van der Waals surface area (Å²) in [6.45, 7) is 7.26. The van der Waals surface area contributed by atoms with Gasteiger partial charge in [0.15, 0.2) is 0 Å². The van der Waals surface area contributed by atoms with Crippen LogP contribution in [0.1, 0.15) is 55.1 Å². The predicted octanol–water partition coefficient (Wildman–Crippen LogP) is 5.51. The lowest BCUT2D eigenvalue weighted by Crippen LogP contribution is -2.07. The first-order valence-electron chi connectivity index (χ1n) is 7.57. The van der Waals surface area contributed by atoms with Crippen LogP contribution in [0.3, 0.4) is 0 Å². The van der Waals surface area contributed by atoms with Crippen molar-refractivity contribution >= 4 is 27.5 Å². The summed E-state index contributed by atoms with van der Waals surface area (Å²) >= 11 is 10.0. The summed E-state index contributed by atoms with van der Waals surface area (Å²) in [5.74, 6) is 0. The van der Waals surface area contributed by atoms with Gasteiger partial charge in [-0.05, 0) is 37.0 Å². The lowest BCUT2D eigenvalue weighted by atomic mass is 10.0. The fourth-order valence-corrected chi connectivity index (χ4v) is 3.18. The van der Waals surface area contributed by atoms with Gasteiger partial charge in [-0.15, -0.1) is 11.6 Å². The van der Waals surface area contributed by atoms with E-state index in [1.54, 1.807) is 0 Å². The van der Waals surface area contributed by atoms with Gasteiger partial charge >= 0.3 is 0 Å². The first-order valence-corrected chi connectivity index (χ1v) is 8.80. The van der Waals surface area contributed by atoms with Gasteiger partial charge in [-0.2, -0.15) is 5.10 Å². The van der Waals surface area contributed by atoms with E-state index in [9.17, 15) is 0 Å². The Morgan fingerprint density at radius 2 is 1.81 bits per heavy atom. The first kappa shape index (κ1) is 16.6. The van der Waals surface area contributed by atoms with E-state index in [2.05, 4.69) is 65.6 Å². The van der Waals surface area contributed by atoms with Crippen molar-refractivity contribution in [3.63, 3.8) is 0 Å². The SMILES string of the molecule is CCc1nn(Cc2ccc(Br)cc2)c(CC)c1C(Cl)CC. The van der Waals surface area contributed by atoms with Crippen LogP contribution in [0, 0.1) is 0 Å². The normalized spacial score (nSPS) is 12.6. The predicted molar refractivity (Wildman–Crippen MR) is 93.1 cm³/mol. The van der Waals surface area contributed by atoms with Gasteiger partial charge in [0.25, 0.3) is 0 Å². The average Bonchev–Trinajstić information content (AvgIpc) is 2.86. The number of benzene rings is 1. The molecule has 2 nitrogen and oxygen atoms in total. The van der Waals surface area contributed by atoms with E-state index in [4.69, 9.17) is 16.7 Å². The van der Waals surface area contributed by atoms with E-state index in [1.807, 2.05) is 0 Å². The minimum atomic E-state index is 0.0635. The Hall–Kier alpha value is -0.800. The van der Waals surface area contributed by atoms with Crippen LogP contribution in [0.15, 0.2) is 28.7 Å². The maximum atomic E-state index is 6.54. The van der Waals surface area contributed by atoms with Crippen LogP contribution in [0.4, 0.5) is 0 Å². The fraction of sp³-hybridized carbons (Fsp3) is 0.471. The van der Waals surface area contributed by atoms with Gasteiger partial charge in [-0.25, -0.2) is 0 Å². The second kappa shape index (κ2) is 7.46. The number of hydrogen-bond donors (Lipinski definition) is 0. The van der Waals surface area contributed by atoms with Crippen molar-refractivity contribution in [3.8, 4) is 0 Å². The van der Waals surface area contributed by atoms with Crippen molar-refractivity contribution < 1.29 is 0 Å². The molecule has 1 aromatic heterocycles. The lowest BCUT2D eigenvalue weighted by Gasteiger charge is -2.11. The number of alkyl halides is 1. The quantitative estimate of drug-likeness (QED) is 0.614. The molecule has 2 aromatic rings. The smallest absolute Gasteiger partial charge is 0.0671 e. The van der Waals surface area contributed by atoms with Crippen LogP contribution < -0.4 is 0 Å². The van der Waals surface area contributed by atoms with E-state index in [1.165, 1.54) is 16.8 Å². The Morgan fingerprint density at radius 3 is 2.33 bits per heavy atom. The van der Waals surface area contributed by atoms with Crippen molar-refractivity contribution in [2.75, 3.05) is 0 Å². The van der Waals surface area contributed by atoms with Gasteiger partial charge in [-0.3, -0.25) is 4.68 Å². The van der Waals surface area contributed by atoms with Crippen molar-refractivity contribution in [2.45, 2.75) is 52.0 Å². The van der Waals surface area contributed by atoms with E-state index in [-0.39, 0.29) is 5.38 Å². The summed E-state index contributed by atoms with van der Waals surface area (Å²) in [6, 6.07) is 8.41. The molecule has 2 rings (SSSR count). The van der Waals surface area contributed by atoms with Gasteiger partial charge in [-0.1, -0.05) is 48.8 Å². The highest BCUT2D eigenvalue weighted by Gasteiger charge is 2.20. The Kier molecular flexibility index (Phi) is 5.88. The molecular formula is C17H22BrClN2. The summed E-state index contributed by atoms with van der Waals surface area (Å²) in [7, 11) is 0. The highest BCUT2D eigenvalue weighted by molar-refractivity contribution is 9.10. The van der Waals surface area contributed by atoms with Crippen molar-refractivity contribution in [1.82, 2.24) is 9.78 Å². The summed E-state index contributed by atoms with van der Waals surface area (Å²) in [5, 5.41) is 4.87. The second-order valence-electron chi connectivity index (χ2n) is 5.17. The van der Waals surface area contributed by atoms with Gasteiger partial charge in [0.1, 0.15) is 0 Å². The zero-order valence-corrected chi connectivity index (χ0v) is 15.2. The van der Waals surface area contributed by atoms with Crippen LogP contribution in [0.25, 0.3) is 0 Å². The Labute approximate surface area is 140 Å².